The van der Waals surface area contributed by atoms with Crippen LogP contribution in [0, 0.1) is 6.92 Å². The summed E-state index contributed by atoms with van der Waals surface area (Å²) < 4.78 is 13.6. The summed E-state index contributed by atoms with van der Waals surface area (Å²) in [6.45, 7) is 7.55. The van der Waals surface area contributed by atoms with E-state index < -0.39 is 0 Å². The molecule has 1 unspecified atom stereocenters. The molecule has 1 aliphatic heterocycles. The minimum atomic E-state index is 0. The minimum Gasteiger partial charge on any atom is -0.491 e. The largest absolute Gasteiger partial charge is 0.491 e. The number of aromatic nitrogens is 3. The second kappa shape index (κ2) is 13.3. The molecule has 3 aromatic rings. The van der Waals surface area contributed by atoms with Crippen molar-refractivity contribution < 1.29 is 9.47 Å². The first kappa shape index (κ1) is 26.0. The van der Waals surface area contributed by atoms with Gasteiger partial charge in [-0.15, -0.1) is 24.0 Å². The van der Waals surface area contributed by atoms with Crippen molar-refractivity contribution in [1.82, 2.24) is 25.4 Å². The minimum absolute atomic E-state index is 0. The van der Waals surface area contributed by atoms with Crippen LogP contribution < -0.4 is 15.4 Å². The normalized spacial score (nSPS) is 15.6. The van der Waals surface area contributed by atoms with Crippen molar-refractivity contribution in [3.63, 3.8) is 0 Å². The van der Waals surface area contributed by atoms with Gasteiger partial charge in [0, 0.05) is 25.3 Å². The van der Waals surface area contributed by atoms with Gasteiger partial charge in [0.15, 0.2) is 5.96 Å². The highest BCUT2D eigenvalue weighted by atomic mass is 127. The fourth-order valence-corrected chi connectivity index (χ4v) is 3.69. The monoisotopic (exact) mass is 576 g/mol. The fourth-order valence-electron chi connectivity index (χ4n) is 3.69. The zero-order chi connectivity index (χ0) is 22.9. The van der Waals surface area contributed by atoms with Crippen LogP contribution in [0.3, 0.4) is 0 Å². The molecule has 0 aliphatic carbocycles. The molecule has 2 aromatic carbocycles. The van der Waals surface area contributed by atoms with Crippen molar-refractivity contribution in [2.24, 2.45) is 4.99 Å². The number of hydrogen-bond donors (Lipinski definition) is 2. The van der Waals surface area contributed by atoms with Crippen molar-refractivity contribution in [3.05, 3.63) is 71.8 Å². The molecule has 1 aliphatic rings. The smallest absolute Gasteiger partial charge is 0.191 e. The van der Waals surface area contributed by atoms with Crippen LogP contribution in [0.2, 0.25) is 0 Å². The molecule has 4 rings (SSSR count). The molecule has 0 bridgehead atoms. The van der Waals surface area contributed by atoms with E-state index in [0.29, 0.717) is 19.7 Å². The Morgan fingerprint density at radius 1 is 1.21 bits per heavy atom. The molecule has 9 heteroatoms. The maximum absolute atomic E-state index is 6.13. The van der Waals surface area contributed by atoms with Gasteiger partial charge in [-0.1, -0.05) is 24.3 Å². The van der Waals surface area contributed by atoms with E-state index >= 15 is 0 Å². The quantitative estimate of drug-likeness (QED) is 0.228. The van der Waals surface area contributed by atoms with Gasteiger partial charge in [-0.05, 0) is 56.0 Å². The van der Waals surface area contributed by atoms with Crippen molar-refractivity contribution in [1.29, 1.82) is 0 Å². The van der Waals surface area contributed by atoms with Crippen LogP contribution in [0.5, 0.6) is 5.75 Å². The van der Waals surface area contributed by atoms with Gasteiger partial charge in [0.2, 0.25) is 0 Å². The summed E-state index contributed by atoms with van der Waals surface area (Å²) in [4.78, 5) is 8.73. The summed E-state index contributed by atoms with van der Waals surface area (Å²) in [5.74, 6) is 1.67. The lowest BCUT2D eigenvalue weighted by Crippen LogP contribution is -2.36. The number of benzene rings is 2. The maximum atomic E-state index is 6.13. The zero-order valence-electron chi connectivity index (χ0n) is 19.7. The third kappa shape index (κ3) is 7.42. The van der Waals surface area contributed by atoms with E-state index in [1.807, 2.05) is 12.1 Å². The molecule has 1 aromatic heterocycles. The van der Waals surface area contributed by atoms with Crippen LogP contribution in [0.4, 0.5) is 0 Å². The van der Waals surface area contributed by atoms with Gasteiger partial charge in [0.1, 0.15) is 25.0 Å². The molecule has 0 amide bonds. The molecular formula is C25H33IN6O2. The predicted molar refractivity (Wildman–Crippen MR) is 144 cm³/mol. The van der Waals surface area contributed by atoms with Crippen LogP contribution in [-0.4, -0.2) is 46.6 Å². The topological polar surface area (TPSA) is 85.6 Å². The first-order chi connectivity index (χ1) is 16.2. The molecule has 1 fully saturated rings. The number of nitrogens with zero attached hydrogens (tertiary/aromatic N) is 4. The molecule has 2 heterocycles. The molecule has 8 nitrogen and oxygen atoms in total. The molecule has 34 heavy (non-hydrogen) atoms. The number of hydrogen-bond acceptors (Lipinski definition) is 5. The van der Waals surface area contributed by atoms with Gasteiger partial charge in [0.05, 0.1) is 18.3 Å². The van der Waals surface area contributed by atoms with E-state index in [2.05, 4.69) is 64.9 Å². The Kier molecular flexibility index (Phi) is 10.1. The van der Waals surface area contributed by atoms with Crippen molar-refractivity contribution >= 4 is 29.9 Å². The third-order valence-electron chi connectivity index (χ3n) is 5.50. The summed E-state index contributed by atoms with van der Waals surface area (Å²) in [5.41, 5.74) is 4.37. The van der Waals surface area contributed by atoms with Gasteiger partial charge in [-0.2, -0.15) is 5.10 Å². The van der Waals surface area contributed by atoms with Crippen LogP contribution >= 0.6 is 24.0 Å². The lowest BCUT2D eigenvalue weighted by Gasteiger charge is -2.17. The van der Waals surface area contributed by atoms with Gasteiger partial charge in [0.25, 0.3) is 0 Å². The van der Waals surface area contributed by atoms with E-state index in [0.717, 1.165) is 54.5 Å². The molecular weight excluding hydrogens is 543 g/mol. The maximum Gasteiger partial charge on any atom is 0.191 e. The highest BCUT2D eigenvalue weighted by Crippen LogP contribution is 2.22. The third-order valence-corrected chi connectivity index (χ3v) is 5.50. The van der Waals surface area contributed by atoms with E-state index in [1.165, 1.54) is 11.9 Å². The molecule has 182 valence electrons. The number of rotatable bonds is 9. The number of nitrogens with one attached hydrogen (secondary N) is 2. The number of guanidine groups is 1. The SMILES string of the molecule is CCNC(=NCc1ccc(-n2cncn2)cc1)NCc1ccc(C)cc1OCC1CCCO1.I. The number of aryl methyl sites for hydroxylation is 1. The Balaban J connectivity index is 0.00000324. The first-order valence-electron chi connectivity index (χ1n) is 11.5. The summed E-state index contributed by atoms with van der Waals surface area (Å²) in [7, 11) is 0. The summed E-state index contributed by atoms with van der Waals surface area (Å²) in [6, 6.07) is 14.5. The second-order valence-electron chi connectivity index (χ2n) is 8.11. The van der Waals surface area contributed by atoms with Crippen molar-refractivity contribution in [2.75, 3.05) is 19.8 Å². The van der Waals surface area contributed by atoms with E-state index in [-0.39, 0.29) is 30.1 Å². The Hall–Kier alpha value is -2.66. The number of ether oxygens (including phenoxy) is 2. The van der Waals surface area contributed by atoms with Crippen molar-refractivity contribution in [2.45, 2.75) is 45.9 Å². The molecule has 0 radical (unpaired) electrons. The average Bonchev–Trinajstić information content (AvgIpc) is 3.55. The van der Waals surface area contributed by atoms with Gasteiger partial charge in [-0.25, -0.2) is 14.7 Å². The Morgan fingerprint density at radius 3 is 2.76 bits per heavy atom. The van der Waals surface area contributed by atoms with Crippen LogP contribution in [0.1, 0.15) is 36.5 Å². The van der Waals surface area contributed by atoms with Crippen LogP contribution in [0.25, 0.3) is 5.69 Å². The summed E-state index contributed by atoms with van der Waals surface area (Å²) in [6.07, 6.45) is 5.59. The Morgan fingerprint density at radius 2 is 2.06 bits per heavy atom. The lowest BCUT2D eigenvalue weighted by atomic mass is 10.1. The first-order valence-corrected chi connectivity index (χ1v) is 11.5. The Bertz CT molecular complexity index is 1030. The highest BCUT2D eigenvalue weighted by Gasteiger charge is 2.17. The van der Waals surface area contributed by atoms with E-state index in [1.54, 1.807) is 11.0 Å². The fraction of sp³-hybridized carbons (Fsp3) is 0.400. The Labute approximate surface area is 218 Å². The van der Waals surface area contributed by atoms with E-state index in [9.17, 15) is 0 Å². The lowest BCUT2D eigenvalue weighted by molar-refractivity contribution is 0.0676. The second-order valence-corrected chi connectivity index (χ2v) is 8.11. The average molecular weight is 576 g/mol. The molecule has 2 N–H and O–H groups in total. The van der Waals surface area contributed by atoms with Crippen LogP contribution in [-0.2, 0) is 17.8 Å². The zero-order valence-corrected chi connectivity index (χ0v) is 22.1. The molecule has 0 saturated carbocycles. The van der Waals surface area contributed by atoms with Gasteiger partial charge < -0.3 is 20.1 Å². The predicted octanol–water partition coefficient (Wildman–Crippen LogP) is 4.01. The number of halogens is 1. The molecule has 1 atom stereocenters. The molecule has 0 spiro atoms. The number of aliphatic imine (C=N–C) groups is 1. The van der Waals surface area contributed by atoms with Crippen molar-refractivity contribution in [3.8, 4) is 11.4 Å². The summed E-state index contributed by atoms with van der Waals surface area (Å²) >= 11 is 0. The highest BCUT2D eigenvalue weighted by molar-refractivity contribution is 14.0. The van der Waals surface area contributed by atoms with Gasteiger partial charge in [-0.3, -0.25) is 0 Å². The van der Waals surface area contributed by atoms with Crippen LogP contribution in [0.15, 0.2) is 60.1 Å². The molecule has 1 saturated heterocycles. The standard InChI is InChI=1S/C25H32N6O2.HI/c1-3-27-25(28-14-20-7-10-22(11-8-20)31-18-26-17-30-31)29-15-21-9-6-19(2)13-24(21)33-16-23-5-4-12-32-23;/h6-11,13,17-18,23H,3-5,12,14-16H2,1-2H3,(H2,27,28,29);1H. The van der Waals surface area contributed by atoms with E-state index in [4.69, 9.17) is 14.5 Å². The van der Waals surface area contributed by atoms with Gasteiger partial charge >= 0.3 is 0 Å². The summed E-state index contributed by atoms with van der Waals surface area (Å²) in [5, 5.41) is 10.9.